The van der Waals surface area contributed by atoms with Gasteiger partial charge in [-0.1, -0.05) is 6.08 Å². The number of rotatable bonds is 5. The molecule has 4 rings (SSSR count). The summed E-state index contributed by atoms with van der Waals surface area (Å²) in [6.45, 7) is 3.60. The van der Waals surface area contributed by atoms with Crippen molar-refractivity contribution in [2.75, 3.05) is 13.1 Å². The fourth-order valence-corrected chi connectivity index (χ4v) is 5.11. The Morgan fingerprint density at radius 2 is 1.71 bits per heavy atom. The molecule has 0 aromatic carbocycles. The number of carbonyl (C=O) groups excluding carboxylic acids is 1. The molecule has 0 spiro atoms. The van der Waals surface area contributed by atoms with Crippen LogP contribution in [0.25, 0.3) is 0 Å². The lowest BCUT2D eigenvalue weighted by Gasteiger charge is -2.57. The minimum Gasteiger partial charge on any atom is -0.480 e. The lowest BCUT2D eigenvalue weighted by molar-refractivity contribution is -0.137. The predicted octanol–water partition coefficient (Wildman–Crippen LogP) is 2.24. The van der Waals surface area contributed by atoms with Gasteiger partial charge in [0.2, 0.25) is 0 Å². The van der Waals surface area contributed by atoms with Crippen LogP contribution in [0.2, 0.25) is 0 Å². The topological polar surface area (TPSA) is 69.6 Å². The molecule has 2 N–H and O–H groups in total. The van der Waals surface area contributed by atoms with Crippen LogP contribution in [0.5, 0.6) is 0 Å². The number of nitrogens with one attached hydrogen (secondary N) is 1. The van der Waals surface area contributed by atoms with Crippen LogP contribution in [0.1, 0.15) is 38.5 Å². The third-order valence-electron chi connectivity index (χ3n) is 5.37. The van der Waals surface area contributed by atoms with E-state index in [1.165, 1.54) is 24.2 Å². The second-order valence-corrected chi connectivity index (χ2v) is 7.19. The van der Waals surface area contributed by atoms with Gasteiger partial charge in [0, 0.05) is 12.1 Å². The SMILES string of the molecule is C=CCN(CC(=O)O)C(=O)NC12CC3CC(CC(C3)C1)C2. The Balaban J connectivity index is 1.68. The lowest BCUT2D eigenvalue weighted by atomic mass is 9.53. The maximum absolute atomic E-state index is 12.5. The van der Waals surface area contributed by atoms with Crippen molar-refractivity contribution in [1.29, 1.82) is 0 Å². The molecule has 4 bridgehead atoms. The van der Waals surface area contributed by atoms with Crippen LogP contribution < -0.4 is 5.32 Å². The molecule has 0 unspecified atom stereocenters. The number of hydrogen-bond acceptors (Lipinski definition) is 2. The molecule has 5 heteroatoms. The average molecular weight is 292 g/mol. The van der Waals surface area contributed by atoms with Crippen molar-refractivity contribution < 1.29 is 14.7 Å². The first kappa shape index (κ1) is 14.4. The minimum atomic E-state index is -0.988. The van der Waals surface area contributed by atoms with E-state index < -0.39 is 5.97 Å². The van der Waals surface area contributed by atoms with E-state index in [1.807, 2.05) is 0 Å². The second kappa shape index (κ2) is 5.35. The van der Waals surface area contributed by atoms with Gasteiger partial charge in [0.25, 0.3) is 0 Å². The number of carboxylic acids is 1. The summed E-state index contributed by atoms with van der Waals surface area (Å²) < 4.78 is 0. The molecular weight excluding hydrogens is 268 g/mol. The molecule has 116 valence electrons. The zero-order chi connectivity index (χ0) is 15.0. The Labute approximate surface area is 125 Å². The maximum Gasteiger partial charge on any atom is 0.323 e. The highest BCUT2D eigenvalue weighted by Crippen LogP contribution is 2.55. The Hall–Kier alpha value is -1.52. The van der Waals surface area contributed by atoms with Gasteiger partial charge in [-0.3, -0.25) is 4.79 Å². The Morgan fingerprint density at radius 1 is 1.19 bits per heavy atom. The van der Waals surface area contributed by atoms with Crippen molar-refractivity contribution in [3.63, 3.8) is 0 Å². The van der Waals surface area contributed by atoms with Crippen LogP contribution in [0.15, 0.2) is 12.7 Å². The van der Waals surface area contributed by atoms with Crippen LogP contribution in [-0.4, -0.2) is 40.6 Å². The van der Waals surface area contributed by atoms with E-state index in [0.29, 0.717) is 0 Å². The molecule has 4 fully saturated rings. The first-order valence-corrected chi connectivity index (χ1v) is 7.89. The minimum absolute atomic E-state index is 0.0796. The first-order chi connectivity index (χ1) is 9.99. The highest BCUT2D eigenvalue weighted by atomic mass is 16.4. The third kappa shape index (κ3) is 2.92. The molecule has 2 amide bonds. The summed E-state index contributed by atoms with van der Waals surface area (Å²) in [7, 11) is 0. The Kier molecular flexibility index (Phi) is 3.68. The summed E-state index contributed by atoms with van der Waals surface area (Å²) in [6.07, 6.45) is 8.74. The van der Waals surface area contributed by atoms with Crippen molar-refractivity contribution >= 4 is 12.0 Å². The van der Waals surface area contributed by atoms with Crippen molar-refractivity contribution in [2.45, 2.75) is 44.1 Å². The zero-order valence-electron chi connectivity index (χ0n) is 12.4. The number of urea groups is 1. The van der Waals surface area contributed by atoms with E-state index in [1.54, 1.807) is 6.08 Å². The molecule has 21 heavy (non-hydrogen) atoms. The van der Waals surface area contributed by atoms with Crippen LogP contribution in [0.3, 0.4) is 0 Å². The van der Waals surface area contributed by atoms with Gasteiger partial charge in [-0.15, -0.1) is 6.58 Å². The van der Waals surface area contributed by atoms with Crippen molar-refractivity contribution in [3.8, 4) is 0 Å². The van der Waals surface area contributed by atoms with Gasteiger partial charge in [-0.05, 0) is 56.3 Å². The van der Waals surface area contributed by atoms with E-state index >= 15 is 0 Å². The molecular formula is C16H24N2O3. The van der Waals surface area contributed by atoms with Gasteiger partial charge in [0.05, 0.1) is 0 Å². The van der Waals surface area contributed by atoms with Crippen molar-refractivity contribution in [2.24, 2.45) is 17.8 Å². The molecule has 4 aliphatic rings. The Bertz CT molecular complexity index is 425. The molecule has 0 atom stereocenters. The molecule has 4 aliphatic carbocycles. The van der Waals surface area contributed by atoms with Crippen LogP contribution in [-0.2, 0) is 4.79 Å². The zero-order valence-corrected chi connectivity index (χ0v) is 12.4. The summed E-state index contributed by atoms with van der Waals surface area (Å²) in [5.74, 6) is 1.27. The number of nitrogens with zero attached hydrogens (tertiary/aromatic N) is 1. The largest absolute Gasteiger partial charge is 0.480 e. The Morgan fingerprint density at radius 3 is 2.14 bits per heavy atom. The van der Waals surface area contributed by atoms with E-state index in [9.17, 15) is 9.59 Å². The second-order valence-electron chi connectivity index (χ2n) is 7.19. The van der Waals surface area contributed by atoms with E-state index in [0.717, 1.165) is 37.0 Å². The summed E-state index contributed by atoms with van der Waals surface area (Å²) in [5, 5.41) is 12.1. The summed E-state index contributed by atoms with van der Waals surface area (Å²) >= 11 is 0. The quantitative estimate of drug-likeness (QED) is 0.763. The van der Waals surface area contributed by atoms with Gasteiger partial charge in [0.1, 0.15) is 6.54 Å². The number of carbonyl (C=O) groups is 2. The normalized spacial score (nSPS) is 36.3. The summed E-state index contributed by atoms with van der Waals surface area (Å²) in [6, 6.07) is -0.251. The number of amides is 2. The lowest BCUT2D eigenvalue weighted by Crippen LogP contribution is -2.62. The van der Waals surface area contributed by atoms with E-state index in [4.69, 9.17) is 5.11 Å². The number of hydrogen-bond donors (Lipinski definition) is 2. The van der Waals surface area contributed by atoms with E-state index in [2.05, 4.69) is 11.9 Å². The number of aliphatic carboxylic acids is 1. The van der Waals surface area contributed by atoms with Crippen molar-refractivity contribution in [3.05, 3.63) is 12.7 Å². The molecule has 0 saturated heterocycles. The fourth-order valence-electron chi connectivity index (χ4n) is 5.11. The third-order valence-corrected chi connectivity index (χ3v) is 5.37. The molecule has 4 saturated carbocycles. The van der Waals surface area contributed by atoms with Crippen LogP contribution in [0.4, 0.5) is 4.79 Å². The maximum atomic E-state index is 12.5. The molecule has 0 aromatic rings. The highest BCUT2D eigenvalue weighted by molar-refractivity contribution is 5.80. The molecule has 0 radical (unpaired) electrons. The first-order valence-electron chi connectivity index (χ1n) is 7.89. The van der Waals surface area contributed by atoms with E-state index in [-0.39, 0.29) is 24.7 Å². The molecule has 0 heterocycles. The summed E-state index contributed by atoms with van der Waals surface area (Å²) in [5.41, 5.74) is -0.0796. The van der Waals surface area contributed by atoms with Gasteiger partial charge >= 0.3 is 12.0 Å². The molecule has 0 aliphatic heterocycles. The van der Waals surface area contributed by atoms with Gasteiger partial charge < -0.3 is 15.3 Å². The highest BCUT2D eigenvalue weighted by Gasteiger charge is 2.51. The number of carboxylic acid groups (broad SMARTS) is 1. The molecule has 0 aromatic heterocycles. The van der Waals surface area contributed by atoms with Gasteiger partial charge in [-0.2, -0.15) is 0 Å². The predicted molar refractivity (Wildman–Crippen MR) is 78.8 cm³/mol. The average Bonchev–Trinajstić information content (AvgIpc) is 2.35. The van der Waals surface area contributed by atoms with Crippen LogP contribution in [0, 0.1) is 17.8 Å². The van der Waals surface area contributed by atoms with Gasteiger partial charge in [0.15, 0.2) is 0 Å². The van der Waals surface area contributed by atoms with Crippen molar-refractivity contribution in [1.82, 2.24) is 10.2 Å². The molecule has 5 nitrogen and oxygen atoms in total. The smallest absolute Gasteiger partial charge is 0.323 e. The standard InChI is InChI=1S/C16H24N2O3/c1-2-3-18(10-14(19)20)15(21)17-16-7-11-4-12(8-16)6-13(5-11)9-16/h2,11-13H,1,3-10H2,(H,17,21)(H,19,20). The summed E-state index contributed by atoms with van der Waals surface area (Å²) in [4.78, 5) is 24.7. The van der Waals surface area contributed by atoms with Crippen LogP contribution >= 0.6 is 0 Å². The monoisotopic (exact) mass is 292 g/mol. The van der Waals surface area contributed by atoms with Gasteiger partial charge in [-0.25, -0.2) is 4.79 Å². The fraction of sp³-hybridized carbons (Fsp3) is 0.750.